The summed E-state index contributed by atoms with van der Waals surface area (Å²) in [6.07, 6.45) is 1.47. The molecule has 0 saturated heterocycles. The fourth-order valence-electron chi connectivity index (χ4n) is 3.98. The van der Waals surface area contributed by atoms with Crippen molar-refractivity contribution < 1.29 is 18.7 Å². The molecule has 7 nitrogen and oxygen atoms in total. The van der Waals surface area contributed by atoms with E-state index in [2.05, 4.69) is 11.6 Å². The Labute approximate surface area is 202 Å². The number of aromatic nitrogens is 1. The van der Waals surface area contributed by atoms with Crippen molar-refractivity contribution in [1.82, 2.24) is 4.98 Å². The van der Waals surface area contributed by atoms with E-state index >= 15 is 0 Å². The number of amides is 1. The van der Waals surface area contributed by atoms with Gasteiger partial charge in [-0.2, -0.15) is 0 Å². The molecule has 0 aliphatic carbocycles. The molecule has 2 aromatic heterocycles. The maximum atomic E-state index is 13.6. The Morgan fingerprint density at radius 3 is 2.82 bits per heavy atom. The van der Waals surface area contributed by atoms with Crippen LogP contribution in [0.15, 0.2) is 70.4 Å². The second kappa shape index (κ2) is 8.55. The Balaban J connectivity index is 1.72. The summed E-state index contributed by atoms with van der Waals surface area (Å²) in [5, 5.41) is 1.06. The second-order valence-electron chi connectivity index (χ2n) is 7.60. The van der Waals surface area contributed by atoms with E-state index in [1.54, 1.807) is 55.5 Å². The lowest BCUT2D eigenvalue weighted by molar-refractivity contribution is 0.0554. The molecule has 2 aromatic carbocycles. The predicted octanol–water partition coefficient (Wildman–Crippen LogP) is 5.30. The molecule has 0 N–H and O–H groups in total. The van der Waals surface area contributed by atoms with Crippen LogP contribution in [0.5, 0.6) is 0 Å². The van der Waals surface area contributed by atoms with Crippen molar-refractivity contribution in [3.05, 3.63) is 104 Å². The Bertz CT molecular complexity index is 1540. The zero-order valence-electron chi connectivity index (χ0n) is 17.9. The first kappa shape index (κ1) is 22.1. The molecule has 5 rings (SSSR count). The van der Waals surface area contributed by atoms with Gasteiger partial charge in [-0.25, -0.2) is 9.78 Å². The largest absolute Gasteiger partial charge is 0.457 e. The molecule has 0 radical (unpaired) electrons. The van der Waals surface area contributed by atoms with Crippen molar-refractivity contribution in [2.45, 2.75) is 13.0 Å². The maximum Gasteiger partial charge on any atom is 0.350 e. The first-order valence-corrected chi connectivity index (χ1v) is 11.5. The Morgan fingerprint density at radius 1 is 1.26 bits per heavy atom. The molecule has 1 aliphatic heterocycles. The fraction of sp³-hybridized carbons (Fsp3) is 0.120. The van der Waals surface area contributed by atoms with Gasteiger partial charge in [0.05, 0.1) is 22.7 Å². The standard InChI is InChI=1S/C25H17ClN2O5S/c1-3-11-32-24(31)22-13(2)27-25(34-22)28-19(14-7-6-8-15(26)12-14)18-20(29)16-9-4-5-10-17(16)33-21(18)23(28)30/h3-10,12,19H,1,11H2,2H3/t19-/m1/s1. The number of thiazole rings is 1. The number of hydrogen-bond donors (Lipinski definition) is 0. The van der Waals surface area contributed by atoms with Crippen LogP contribution in [-0.2, 0) is 4.74 Å². The Morgan fingerprint density at radius 2 is 2.06 bits per heavy atom. The monoisotopic (exact) mass is 492 g/mol. The molecule has 0 unspecified atom stereocenters. The zero-order valence-corrected chi connectivity index (χ0v) is 19.5. The number of carbonyl (C=O) groups is 2. The van der Waals surface area contributed by atoms with Crippen molar-refractivity contribution in [1.29, 1.82) is 0 Å². The molecule has 9 heteroatoms. The average Bonchev–Trinajstić information content (AvgIpc) is 3.35. The van der Waals surface area contributed by atoms with Crippen LogP contribution in [0.2, 0.25) is 5.02 Å². The lowest BCUT2D eigenvalue weighted by atomic mass is 9.99. The molecule has 0 saturated carbocycles. The highest BCUT2D eigenvalue weighted by molar-refractivity contribution is 7.17. The second-order valence-corrected chi connectivity index (χ2v) is 9.01. The average molecular weight is 493 g/mol. The van der Waals surface area contributed by atoms with Crippen LogP contribution in [-0.4, -0.2) is 23.5 Å². The fourth-order valence-corrected chi connectivity index (χ4v) is 5.17. The third kappa shape index (κ3) is 3.52. The molecule has 4 aromatic rings. The van der Waals surface area contributed by atoms with Crippen molar-refractivity contribution in [2.75, 3.05) is 11.5 Å². The van der Waals surface area contributed by atoms with Gasteiger partial charge in [0.2, 0.25) is 5.76 Å². The summed E-state index contributed by atoms with van der Waals surface area (Å²) < 4.78 is 11.1. The number of benzene rings is 2. The van der Waals surface area contributed by atoms with Crippen LogP contribution in [0, 0.1) is 6.92 Å². The van der Waals surface area contributed by atoms with Gasteiger partial charge >= 0.3 is 5.97 Å². The number of rotatable bonds is 5. The van der Waals surface area contributed by atoms with E-state index in [0.29, 0.717) is 27.2 Å². The summed E-state index contributed by atoms with van der Waals surface area (Å²) >= 11 is 7.26. The van der Waals surface area contributed by atoms with Gasteiger partial charge in [-0.15, -0.1) is 0 Å². The number of carbonyl (C=O) groups excluding carboxylic acids is 2. The molecule has 1 aliphatic rings. The van der Waals surface area contributed by atoms with E-state index in [0.717, 1.165) is 11.3 Å². The minimum atomic E-state index is -0.829. The van der Waals surface area contributed by atoms with E-state index in [1.165, 1.54) is 11.0 Å². The molecule has 1 amide bonds. The van der Waals surface area contributed by atoms with Crippen molar-refractivity contribution in [2.24, 2.45) is 0 Å². The zero-order chi connectivity index (χ0) is 24.0. The van der Waals surface area contributed by atoms with E-state index in [-0.39, 0.29) is 33.4 Å². The van der Waals surface area contributed by atoms with Crippen LogP contribution < -0.4 is 10.3 Å². The highest BCUT2D eigenvalue weighted by Crippen LogP contribution is 2.43. The summed E-state index contributed by atoms with van der Waals surface area (Å²) in [6.45, 7) is 5.25. The van der Waals surface area contributed by atoms with Gasteiger partial charge in [0, 0.05) is 5.02 Å². The SMILES string of the molecule is C=CCOC(=O)c1sc(N2C(=O)c3oc4ccccc4c(=O)c3[C@H]2c2cccc(Cl)c2)nc1C. The summed E-state index contributed by atoms with van der Waals surface area (Å²) in [6, 6.07) is 12.9. The first-order chi connectivity index (χ1) is 16.4. The summed E-state index contributed by atoms with van der Waals surface area (Å²) in [4.78, 5) is 45.7. The minimum absolute atomic E-state index is 0.0513. The number of halogens is 1. The molecule has 170 valence electrons. The van der Waals surface area contributed by atoms with Crippen molar-refractivity contribution in [3.8, 4) is 0 Å². The maximum absolute atomic E-state index is 13.6. The number of aryl methyl sites for hydroxylation is 1. The Hall–Kier alpha value is -3.75. The highest BCUT2D eigenvalue weighted by Gasteiger charge is 2.45. The number of hydrogen-bond acceptors (Lipinski definition) is 7. The van der Waals surface area contributed by atoms with Crippen LogP contribution in [0.3, 0.4) is 0 Å². The molecule has 3 heterocycles. The van der Waals surface area contributed by atoms with Gasteiger partial charge in [0.15, 0.2) is 10.6 Å². The predicted molar refractivity (Wildman–Crippen MR) is 130 cm³/mol. The van der Waals surface area contributed by atoms with Gasteiger partial charge in [-0.1, -0.05) is 59.9 Å². The van der Waals surface area contributed by atoms with E-state index < -0.39 is 17.9 Å². The summed E-state index contributed by atoms with van der Waals surface area (Å²) in [7, 11) is 0. The first-order valence-electron chi connectivity index (χ1n) is 10.3. The smallest absolute Gasteiger partial charge is 0.350 e. The lowest BCUT2D eigenvalue weighted by Gasteiger charge is -2.22. The third-order valence-electron chi connectivity index (χ3n) is 5.45. The van der Waals surface area contributed by atoms with Crippen molar-refractivity contribution in [3.63, 3.8) is 0 Å². The number of esters is 1. The van der Waals surface area contributed by atoms with E-state index in [1.807, 2.05) is 0 Å². The molecule has 0 bridgehead atoms. The van der Waals surface area contributed by atoms with Crippen LogP contribution in [0.1, 0.15) is 43.1 Å². The number of para-hydroxylation sites is 1. The quantitative estimate of drug-likeness (QED) is 0.277. The van der Waals surface area contributed by atoms with Gasteiger partial charge in [0.25, 0.3) is 5.91 Å². The van der Waals surface area contributed by atoms with Gasteiger partial charge in [0.1, 0.15) is 17.1 Å². The van der Waals surface area contributed by atoms with Crippen LogP contribution in [0.4, 0.5) is 5.13 Å². The topological polar surface area (TPSA) is 89.7 Å². The lowest BCUT2D eigenvalue weighted by Crippen LogP contribution is -2.29. The van der Waals surface area contributed by atoms with Crippen LogP contribution in [0.25, 0.3) is 11.0 Å². The van der Waals surface area contributed by atoms with Gasteiger partial charge < -0.3 is 9.15 Å². The van der Waals surface area contributed by atoms with E-state index in [4.69, 9.17) is 20.8 Å². The molecule has 1 atom stereocenters. The van der Waals surface area contributed by atoms with E-state index in [9.17, 15) is 14.4 Å². The molecule has 34 heavy (non-hydrogen) atoms. The highest BCUT2D eigenvalue weighted by atomic mass is 35.5. The number of anilines is 1. The molecule has 0 spiro atoms. The number of fused-ring (bicyclic) bond motifs is 2. The van der Waals surface area contributed by atoms with Crippen LogP contribution >= 0.6 is 22.9 Å². The Kier molecular flexibility index (Phi) is 5.55. The van der Waals surface area contributed by atoms with Gasteiger partial charge in [-0.3, -0.25) is 14.5 Å². The van der Waals surface area contributed by atoms with Crippen molar-refractivity contribution >= 4 is 50.9 Å². The molecular weight excluding hydrogens is 476 g/mol. The normalized spacial score (nSPS) is 14.9. The number of nitrogens with zero attached hydrogens (tertiary/aromatic N) is 2. The number of ether oxygens (including phenoxy) is 1. The molecular formula is C25H17ClN2O5S. The summed E-state index contributed by atoms with van der Waals surface area (Å²) in [5.74, 6) is -1.15. The third-order valence-corrected chi connectivity index (χ3v) is 6.82. The van der Waals surface area contributed by atoms with Gasteiger partial charge in [-0.05, 0) is 36.8 Å². The minimum Gasteiger partial charge on any atom is -0.457 e. The summed E-state index contributed by atoms with van der Waals surface area (Å²) in [5.41, 5.74) is 1.24. The molecule has 0 fully saturated rings.